The van der Waals surface area contributed by atoms with Gasteiger partial charge < -0.3 is 14.2 Å². The third kappa shape index (κ3) is 6.05. The lowest BCUT2D eigenvalue weighted by molar-refractivity contribution is -0.0450. The van der Waals surface area contributed by atoms with Crippen molar-refractivity contribution in [2.45, 2.75) is 127 Å². The molecule has 0 aromatic carbocycles. The Morgan fingerprint density at radius 3 is 2.37 bits per heavy atom. The Labute approximate surface area is 190 Å². The number of ether oxygens (including phenoxy) is 3. The van der Waals surface area contributed by atoms with Crippen molar-refractivity contribution in [3.8, 4) is 0 Å². The molecule has 30 heavy (non-hydrogen) atoms. The Morgan fingerprint density at radius 2 is 1.77 bits per heavy atom. The van der Waals surface area contributed by atoms with Gasteiger partial charge in [0.15, 0.2) is 0 Å². The smallest absolute Gasteiger partial charge is 0.100 e. The van der Waals surface area contributed by atoms with Gasteiger partial charge >= 0.3 is 0 Å². The summed E-state index contributed by atoms with van der Waals surface area (Å²) in [6.45, 7) is 9.82. The van der Waals surface area contributed by atoms with E-state index in [2.05, 4.69) is 45.5 Å². The molecule has 1 aliphatic carbocycles. The van der Waals surface area contributed by atoms with Gasteiger partial charge in [-0.3, -0.25) is 0 Å². The van der Waals surface area contributed by atoms with Gasteiger partial charge in [-0.15, -0.1) is 0 Å². The van der Waals surface area contributed by atoms with Crippen LogP contribution in [0.15, 0.2) is 11.6 Å². The molecule has 0 amide bonds. The molecular formula is C26H46O3S. The van der Waals surface area contributed by atoms with Gasteiger partial charge in [0, 0.05) is 18.3 Å². The van der Waals surface area contributed by atoms with Crippen LogP contribution in [0.3, 0.4) is 0 Å². The van der Waals surface area contributed by atoms with E-state index < -0.39 is 0 Å². The van der Waals surface area contributed by atoms with Crippen molar-refractivity contribution in [2.75, 3.05) is 19.5 Å². The van der Waals surface area contributed by atoms with E-state index in [0.717, 1.165) is 13.0 Å². The van der Waals surface area contributed by atoms with Crippen LogP contribution in [0.25, 0.3) is 0 Å². The van der Waals surface area contributed by atoms with Crippen LogP contribution in [-0.4, -0.2) is 48.1 Å². The number of hydrogen-bond acceptors (Lipinski definition) is 4. The lowest BCUT2D eigenvalue weighted by atomic mass is 9.69. The topological polar surface area (TPSA) is 34.3 Å². The normalized spacial score (nSPS) is 37.4. The zero-order valence-electron chi connectivity index (χ0n) is 20.2. The van der Waals surface area contributed by atoms with Crippen LogP contribution < -0.4 is 0 Å². The van der Waals surface area contributed by atoms with E-state index in [1.54, 1.807) is 0 Å². The highest BCUT2D eigenvalue weighted by Gasteiger charge is 2.71. The Hall–Kier alpha value is -0.0300. The van der Waals surface area contributed by atoms with Crippen molar-refractivity contribution in [1.82, 2.24) is 0 Å². The summed E-state index contributed by atoms with van der Waals surface area (Å²) in [5.74, 6) is 1.62. The van der Waals surface area contributed by atoms with E-state index in [4.69, 9.17) is 14.2 Å². The molecule has 3 aliphatic rings. The molecule has 3 rings (SSSR count). The summed E-state index contributed by atoms with van der Waals surface area (Å²) in [6.07, 6.45) is 17.4. The van der Waals surface area contributed by atoms with Crippen LogP contribution >= 0.6 is 11.8 Å². The molecule has 6 unspecified atom stereocenters. The van der Waals surface area contributed by atoms with Crippen molar-refractivity contribution < 1.29 is 14.2 Å². The molecule has 3 nitrogen and oxygen atoms in total. The highest BCUT2D eigenvalue weighted by molar-refractivity contribution is 7.99. The second-order valence-corrected chi connectivity index (χ2v) is 11.6. The fraction of sp³-hybridized carbons (Fsp3) is 0.923. The highest BCUT2D eigenvalue weighted by atomic mass is 32.2. The summed E-state index contributed by atoms with van der Waals surface area (Å²) in [7, 11) is 1.90. The second kappa shape index (κ2) is 11.2. The molecule has 0 N–H and O–H groups in total. The molecule has 1 saturated carbocycles. The van der Waals surface area contributed by atoms with Crippen LogP contribution in [0.5, 0.6) is 0 Å². The number of rotatable bonds is 14. The summed E-state index contributed by atoms with van der Waals surface area (Å²) in [5, 5.41) is 0.574. The molecular weight excluding hydrogens is 392 g/mol. The SMILES string of the molecule is CCCCCCCCCCSC1CCC2(CO2)C(C2(C)OC2CC=C(C)C)C1OC. The van der Waals surface area contributed by atoms with Gasteiger partial charge in [0.2, 0.25) is 0 Å². The molecule has 0 radical (unpaired) electrons. The lowest BCUT2D eigenvalue weighted by Crippen LogP contribution is -2.53. The van der Waals surface area contributed by atoms with Crippen molar-refractivity contribution in [2.24, 2.45) is 5.92 Å². The van der Waals surface area contributed by atoms with Crippen LogP contribution in [0.1, 0.15) is 98.3 Å². The Morgan fingerprint density at radius 1 is 1.10 bits per heavy atom. The first-order chi connectivity index (χ1) is 14.5. The zero-order valence-corrected chi connectivity index (χ0v) is 21.0. The largest absolute Gasteiger partial charge is 0.380 e. The van der Waals surface area contributed by atoms with Crippen LogP contribution in [0, 0.1) is 5.92 Å². The number of hydrogen-bond donors (Lipinski definition) is 0. The number of allylic oxidation sites excluding steroid dienone is 1. The third-order valence-electron chi connectivity index (χ3n) is 7.57. The number of methoxy groups -OCH3 is 1. The molecule has 0 aromatic rings. The standard InChI is InChI=1S/C26H46O3S/c1-6-7-8-9-10-11-12-13-18-30-21-16-17-26(19-28-26)24(23(21)27-5)25(4)22(29-25)15-14-20(2)3/h14,21-24H,6-13,15-19H2,1-5H3. The van der Waals surface area contributed by atoms with Crippen molar-refractivity contribution in [3.63, 3.8) is 0 Å². The summed E-state index contributed by atoms with van der Waals surface area (Å²) in [4.78, 5) is 0. The third-order valence-corrected chi connectivity index (χ3v) is 9.02. The molecule has 0 bridgehead atoms. The second-order valence-electron chi connectivity index (χ2n) is 10.3. The highest BCUT2D eigenvalue weighted by Crippen LogP contribution is 2.60. The predicted molar refractivity (Wildman–Crippen MR) is 128 cm³/mol. The van der Waals surface area contributed by atoms with Crippen molar-refractivity contribution in [3.05, 3.63) is 11.6 Å². The summed E-state index contributed by atoms with van der Waals surface area (Å²) in [6, 6.07) is 0. The lowest BCUT2D eigenvalue weighted by Gasteiger charge is -2.43. The molecule has 174 valence electrons. The van der Waals surface area contributed by atoms with Crippen LogP contribution in [-0.2, 0) is 14.2 Å². The maximum atomic E-state index is 6.33. The van der Waals surface area contributed by atoms with Gasteiger partial charge in [0.25, 0.3) is 0 Å². The van der Waals surface area contributed by atoms with Crippen molar-refractivity contribution in [1.29, 1.82) is 0 Å². The van der Waals surface area contributed by atoms with E-state index in [1.807, 2.05) is 7.11 Å². The molecule has 1 spiro atoms. The molecule has 2 aliphatic heterocycles. The minimum atomic E-state index is -0.0964. The Balaban J connectivity index is 1.46. The van der Waals surface area contributed by atoms with E-state index in [0.29, 0.717) is 17.3 Å². The average Bonchev–Trinajstić information content (AvgIpc) is 3.63. The van der Waals surface area contributed by atoms with Gasteiger partial charge in [0.05, 0.1) is 24.4 Å². The molecule has 0 aromatic heterocycles. The number of thioether (sulfide) groups is 1. The van der Waals surface area contributed by atoms with Crippen LogP contribution in [0.4, 0.5) is 0 Å². The summed E-state index contributed by atoms with van der Waals surface area (Å²) >= 11 is 2.15. The molecule has 2 heterocycles. The maximum Gasteiger partial charge on any atom is 0.100 e. The quantitative estimate of drug-likeness (QED) is 0.167. The number of unbranched alkanes of at least 4 members (excludes halogenated alkanes) is 7. The summed E-state index contributed by atoms with van der Waals surface area (Å²) in [5.41, 5.74) is 1.29. The average molecular weight is 439 g/mol. The molecule has 2 saturated heterocycles. The first-order valence-electron chi connectivity index (χ1n) is 12.6. The predicted octanol–water partition coefficient (Wildman–Crippen LogP) is 6.94. The molecule has 4 heteroatoms. The fourth-order valence-corrected chi connectivity index (χ4v) is 7.01. The Bertz CT molecular complexity index is 554. The van der Waals surface area contributed by atoms with E-state index in [-0.39, 0.29) is 17.3 Å². The molecule has 3 fully saturated rings. The van der Waals surface area contributed by atoms with Crippen molar-refractivity contribution >= 4 is 11.8 Å². The van der Waals surface area contributed by atoms with E-state index in [9.17, 15) is 0 Å². The Kier molecular flexibility index (Phi) is 9.19. The molecule has 6 atom stereocenters. The van der Waals surface area contributed by atoms with Crippen LogP contribution in [0.2, 0.25) is 0 Å². The minimum Gasteiger partial charge on any atom is -0.380 e. The monoisotopic (exact) mass is 438 g/mol. The maximum absolute atomic E-state index is 6.33. The fourth-order valence-electron chi connectivity index (χ4n) is 5.59. The van der Waals surface area contributed by atoms with Gasteiger partial charge in [-0.2, -0.15) is 11.8 Å². The van der Waals surface area contributed by atoms with Gasteiger partial charge in [0.1, 0.15) is 5.60 Å². The van der Waals surface area contributed by atoms with Gasteiger partial charge in [-0.05, 0) is 52.2 Å². The van der Waals surface area contributed by atoms with Gasteiger partial charge in [-0.25, -0.2) is 0 Å². The summed E-state index contributed by atoms with van der Waals surface area (Å²) < 4.78 is 18.6. The first kappa shape index (κ1) is 24.6. The van der Waals surface area contributed by atoms with Gasteiger partial charge in [-0.1, -0.05) is 63.5 Å². The van der Waals surface area contributed by atoms with E-state index >= 15 is 0 Å². The zero-order chi connectivity index (χ0) is 21.6. The minimum absolute atomic E-state index is 0.0186. The number of epoxide rings is 2. The first-order valence-corrected chi connectivity index (χ1v) is 13.6. The van der Waals surface area contributed by atoms with E-state index in [1.165, 1.54) is 75.5 Å².